The minimum absolute atomic E-state index is 0.196. The summed E-state index contributed by atoms with van der Waals surface area (Å²) in [5.41, 5.74) is 1.34. The Kier molecular flexibility index (Phi) is 6.98. The van der Waals surface area contributed by atoms with Gasteiger partial charge in [-0.05, 0) is 32.0 Å². The fraction of sp³-hybridized carbons (Fsp3) is 0.391. The number of nitrogens with zero attached hydrogens (tertiary/aromatic N) is 6. The Labute approximate surface area is 195 Å². The third kappa shape index (κ3) is 6.02. The number of aromatic nitrogens is 2. The molecule has 0 aliphatic carbocycles. The second kappa shape index (κ2) is 10.1. The van der Waals surface area contributed by atoms with Gasteiger partial charge in [-0.3, -0.25) is 0 Å². The van der Waals surface area contributed by atoms with E-state index in [0.29, 0.717) is 35.7 Å². The maximum absolute atomic E-state index is 13.2. The first-order valence-corrected chi connectivity index (χ1v) is 10.9. The van der Waals surface area contributed by atoms with Gasteiger partial charge < -0.3 is 19.9 Å². The van der Waals surface area contributed by atoms with Gasteiger partial charge in [-0.1, -0.05) is 6.07 Å². The van der Waals surface area contributed by atoms with Crippen LogP contribution in [0, 0.1) is 11.3 Å². The maximum Gasteiger partial charge on any atom is 0.573 e. The van der Waals surface area contributed by atoms with Crippen LogP contribution in [-0.4, -0.2) is 60.7 Å². The minimum atomic E-state index is -4.80. The third-order valence-corrected chi connectivity index (χ3v) is 5.72. The van der Waals surface area contributed by atoms with Crippen molar-refractivity contribution >= 4 is 17.7 Å². The zero-order valence-electron chi connectivity index (χ0n) is 18.6. The smallest absolute Gasteiger partial charge is 0.405 e. The van der Waals surface area contributed by atoms with Crippen molar-refractivity contribution in [3.05, 3.63) is 53.7 Å². The molecule has 1 atom stereocenters. The number of likely N-dealkylation sites (N-methyl/N-ethyl adjacent to an activating group) is 1. The van der Waals surface area contributed by atoms with Crippen molar-refractivity contribution in [2.75, 3.05) is 43.4 Å². The number of hydrogen-bond donors (Lipinski definition) is 1. The van der Waals surface area contributed by atoms with Crippen LogP contribution in [0.2, 0.25) is 0 Å². The molecule has 0 amide bonds. The second-order valence-corrected chi connectivity index (χ2v) is 8.14. The van der Waals surface area contributed by atoms with Crippen molar-refractivity contribution in [3.63, 3.8) is 0 Å². The number of nitrogens with one attached hydrogen (secondary N) is 1. The third-order valence-electron chi connectivity index (χ3n) is 5.72. The highest BCUT2D eigenvalue weighted by molar-refractivity contribution is 5.73. The number of ether oxygens (including phenoxy) is 1. The second-order valence-electron chi connectivity index (χ2n) is 8.14. The molecule has 1 saturated heterocycles. The molecule has 11 heteroatoms. The number of hydrogen-bond acceptors (Lipinski definition) is 8. The van der Waals surface area contributed by atoms with Gasteiger partial charge in [0.25, 0.3) is 0 Å². The molecule has 0 bridgehead atoms. The highest BCUT2D eigenvalue weighted by Crippen LogP contribution is 2.37. The van der Waals surface area contributed by atoms with Gasteiger partial charge in [0.15, 0.2) is 5.69 Å². The molecule has 2 aliphatic heterocycles. The van der Waals surface area contributed by atoms with E-state index in [-0.39, 0.29) is 17.4 Å². The van der Waals surface area contributed by atoms with Crippen molar-refractivity contribution in [3.8, 4) is 11.8 Å². The number of halogens is 3. The van der Waals surface area contributed by atoms with E-state index in [1.807, 2.05) is 25.3 Å². The molecule has 1 aromatic carbocycles. The summed E-state index contributed by atoms with van der Waals surface area (Å²) in [7, 11) is 2.02. The Morgan fingerprint density at radius 3 is 2.62 bits per heavy atom. The van der Waals surface area contributed by atoms with Crippen molar-refractivity contribution < 1.29 is 17.9 Å². The molecule has 2 aromatic rings. The van der Waals surface area contributed by atoms with Crippen molar-refractivity contribution in [2.24, 2.45) is 4.99 Å². The Hall–Kier alpha value is -3.65. The predicted molar refractivity (Wildman–Crippen MR) is 122 cm³/mol. The molecular weight excluding hydrogens is 447 g/mol. The number of aliphatic imine (C=N–C) groups is 1. The monoisotopic (exact) mass is 471 g/mol. The van der Waals surface area contributed by atoms with Gasteiger partial charge in [-0.2, -0.15) is 5.26 Å². The lowest BCUT2D eigenvalue weighted by Crippen LogP contribution is -2.44. The largest absolute Gasteiger partial charge is 0.573 e. The predicted octanol–water partition coefficient (Wildman–Crippen LogP) is 3.90. The van der Waals surface area contributed by atoms with Gasteiger partial charge in [0.1, 0.15) is 23.5 Å². The summed E-state index contributed by atoms with van der Waals surface area (Å²) in [5, 5.41) is 11.8. The minimum Gasteiger partial charge on any atom is -0.405 e. The van der Waals surface area contributed by atoms with E-state index in [1.54, 1.807) is 12.3 Å². The normalized spacial score (nSPS) is 19.2. The zero-order chi connectivity index (χ0) is 24.1. The Balaban J connectivity index is 1.53. The Morgan fingerprint density at radius 2 is 1.94 bits per heavy atom. The van der Waals surface area contributed by atoms with Crippen LogP contribution < -0.4 is 15.0 Å². The lowest BCUT2D eigenvalue weighted by Gasteiger charge is -2.34. The summed E-state index contributed by atoms with van der Waals surface area (Å²) < 4.78 is 44.1. The van der Waals surface area contributed by atoms with Crippen LogP contribution >= 0.6 is 0 Å². The molecule has 2 aliphatic rings. The zero-order valence-corrected chi connectivity index (χ0v) is 18.6. The molecule has 1 aromatic heterocycles. The summed E-state index contributed by atoms with van der Waals surface area (Å²) in [4.78, 5) is 16.7. The molecule has 1 N–H and O–H groups in total. The van der Waals surface area contributed by atoms with E-state index >= 15 is 0 Å². The van der Waals surface area contributed by atoms with Gasteiger partial charge in [0, 0.05) is 55.6 Å². The molecule has 4 rings (SSSR count). The van der Waals surface area contributed by atoms with Crippen molar-refractivity contribution in [1.29, 1.82) is 5.26 Å². The van der Waals surface area contributed by atoms with Gasteiger partial charge >= 0.3 is 6.36 Å². The molecular formula is C23H24F3N7O. The number of piperazine rings is 1. The SMILES string of the molecule is CN1CCN(c2ccc(C3C=NC(Nc4cnc(C#N)cn4)=CCC3)c(OC(F)(F)F)c2)CC1. The van der Waals surface area contributed by atoms with Gasteiger partial charge in [-0.25, -0.2) is 15.0 Å². The van der Waals surface area contributed by atoms with Crippen LogP contribution in [0.5, 0.6) is 5.75 Å². The summed E-state index contributed by atoms with van der Waals surface area (Å²) in [6.45, 7) is 3.17. The molecule has 0 saturated carbocycles. The van der Waals surface area contributed by atoms with Crippen LogP contribution in [0.3, 0.4) is 0 Å². The number of allylic oxidation sites excluding steroid dienone is 1. The highest BCUT2D eigenvalue weighted by Gasteiger charge is 2.33. The number of benzene rings is 1. The van der Waals surface area contributed by atoms with Gasteiger partial charge in [-0.15, -0.1) is 13.2 Å². The van der Waals surface area contributed by atoms with Crippen LogP contribution in [0.25, 0.3) is 0 Å². The summed E-state index contributed by atoms with van der Waals surface area (Å²) in [5.74, 6) is 0.364. The summed E-state index contributed by atoms with van der Waals surface area (Å²) >= 11 is 0. The number of alkyl halides is 3. The van der Waals surface area contributed by atoms with Crippen LogP contribution in [-0.2, 0) is 0 Å². The molecule has 1 unspecified atom stereocenters. The summed E-state index contributed by atoms with van der Waals surface area (Å²) in [6.07, 6.45) is 2.59. The van der Waals surface area contributed by atoms with Crippen molar-refractivity contribution in [1.82, 2.24) is 14.9 Å². The Morgan fingerprint density at radius 1 is 1.15 bits per heavy atom. The van der Waals surface area contributed by atoms with E-state index < -0.39 is 6.36 Å². The molecule has 178 valence electrons. The molecule has 34 heavy (non-hydrogen) atoms. The summed E-state index contributed by atoms with van der Waals surface area (Å²) in [6, 6.07) is 6.93. The molecule has 8 nitrogen and oxygen atoms in total. The van der Waals surface area contributed by atoms with E-state index in [4.69, 9.17) is 5.26 Å². The average molecular weight is 471 g/mol. The van der Waals surface area contributed by atoms with E-state index in [0.717, 1.165) is 26.2 Å². The lowest BCUT2D eigenvalue weighted by molar-refractivity contribution is -0.274. The van der Waals surface area contributed by atoms with E-state index in [9.17, 15) is 13.2 Å². The van der Waals surface area contributed by atoms with Crippen LogP contribution in [0.15, 0.2) is 47.5 Å². The highest BCUT2D eigenvalue weighted by atomic mass is 19.4. The lowest BCUT2D eigenvalue weighted by atomic mass is 9.94. The Bertz CT molecular complexity index is 1100. The number of anilines is 2. The molecule has 0 radical (unpaired) electrons. The first-order chi connectivity index (χ1) is 16.3. The number of rotatable bonds is 5. The fourth-order valence-electron chi connectivity index (χ4n) is 3.90. The van der Waals surface area contributed by atoms with Gasteiger partial charge in [0.2, 0.25) is 0 Å². The fourth-order valence-corrected chi connectivity index (χ4v) is 3.90. The standard InChI is InChI=1S/C23H24F3N7O/c1-32-7-9-33(10-8-32)18-5-6-19(20(11-18)34-23(24,25)26)16-3-2-4-21(29-13-16)31-22-15-28-17(12-27)14-30-22/h4-6,11,13-16H,2-3,7-10H2,1H3,(H,30,31). The number of nitriles is 1. The maximum atomic E-state index is 13.2. The first kappa shape index (κ1) is 23.5. The van der Waals surface area contributed by atoms with Crippen LogP contribution in [0.1, 0.15) is 30.0 Å². The first-order valence-electron chi connectivity index (χ1n) is 10.9. The average Bonchev–Trinajstić information content (AvgIpc) is 3.04. The quantitative estimate of drug-likeness (QED) is 0.707. The topological polar surface area (TPSA) is 89.7 Å². The molecule has 0 spiro atoms. The van der Waals surface area contributed by atoms with Crippen molar-refractivity contribution in [2.45, 2.75) is 25.1 Å². The van der Waals surface area contributed by atoms with E-state index in [1.165, 1.54) is 18.5 Å². The molecule has 3 heterocycles. The molecule has 1 fully saturated rings. The van der Waals surface area contributed by atoms with Gasteiger partial charge in [0.05, 0.1) is 12.4 Å². The van der Waals surface area contributed by atoms with Crippen LogP contribution in [0.4, 0.5) is 24.7 Å². The van der Waals surface area contributed by atoms with E-state index in [2.05, 4.69) is 34.8 Å².